The van der Waals surface area contributed by atoms with Crippen molar-refractivity contribution >= 4 is 22.0 Å². The van der Waals surface area contributed by atoms with Gasteiger partial charge in [0.1, 0.15) is 0 Å². The maximum atomic E-state index is 12.9. The highest BCUT2D eigenvalue weighted by atomic mass is 32.2. The van der Waals surface area contributed by atoms with E-state index in [1.807, 2.05) is 32.9 Å². The fraction of sp³-hybridized carbons (Fsp3) is 0.579. The second-order valence-corrected chi connectivity index (χ2v) is 9.66. The number of quaternary nitrogens is 1. The quantitative estimate of drug-likeness (QED) is 0.597. The zero-order valence-electron chi connectivity index (χ0n) is 17.0. The topological polar surface area (TPSA) is 100 Å². The first-order valence-electron chi connectivity index (χ1n) is 9.58. The summed E-state index contributed by atoms with van der Waals surface area (Å²) in [5.74, 6) is -0.0550. The predicted molar refractivity (Wildman–Crippen MR) is 107 cm³/mol. The van der Waals surface area contributed by atoms with Crippen LogP contribution in [0.1, 0.15) is 25.0 Å². The second kappa shape index (κ2) is 9.49. The van der Waals surface area contributed by atoms with Gasteiger partial charge in [0.25, 0.3) is 5.91 Å². The van der Waals surface area contributed by atoms with Crippen molar-refractivity contribution in [3.8, 4) is 0 Å². The predicted octanol–water partition coefficient (Wildman–Crippen LogP) is -0.326. The lowest BCUT2D eigenvalue weighted by Crippen LogP contribution is -3.15. The standard InChI is InChI=1S/C19H30N4O4S/c1-14(2)12-20-19(25)21-18(24)13-22-7-9-23(10-8-22)28(26,27)17-11-15(3)5-6-16(17)4/h5-6,11,14H,7-10,12-13H2,1-4H3,(H2,20,21,24,25)/p+1. The van der Waals surface area contributed by atoms with Crippen LogP contribution in [-0.4, -0.2) is 63.9 Å². The van der Waals surface area contributed by atoms with Gasteiger partial charge < -0.3 is 10.2 Å². The van der Waals surface area contributed by atoms with E-state index in [-0.39, 0.29) is 12.5 Å². The zero-order chi connectivity index (χ0) is 20.9. The molecule has 0 unspecified atom stereocenters. The summed E-state index contributed by atoms with van der Waals surface area (Å²) >= 11 is 0. The molecule has 1 saturated heterocycles. The number of nitrogens with one attached hydrogen (secondary N) is 3. The molecule has 1 aliphatic heterocycles. The summed E-state index contributed by atoms with van der Waals surface area (Å²) in [5, 5.41) is 4.96. The number of aryl methyl sites for hydroxylation is 2. The van der Waals surface area contributed by atoms with Gasteiger partial charge in [0, 0.05) is 6.54 Å². The summed E-state index contributed by atoms with van der Waals surface area (Å²) in [4.78, 5) is 25.0. The van der Waals surface area contributed by atoms with Gasteiger partial charge in [-0.25, -0.2) is 13.2 Å². The number of urea groups is 1. The largest absolute Gasteiger partial charge is 0.338 e. The summed E-state index contributed by atoms with van der Waals surface area (Å²) < 4.78 is 27.4. The number of rotatable bonds is 6. The van der Waals surface area contributed by atoms with E-state index in [9.17, 15) is 18.0 Å². The molecule has 3 N–H and O–H groups in total. The molecule has 0 aliphatic carbocycles. The molecule has 0 radical (unpaired) electrons. The Morgan fingerprint density at radius 2 is 1.82 bits per heavy atom. The Morgan fingerprint density at radius 3 is 2.43 bits per heavy atom. The lowest BCUT2D eigenvalue weighted by atomic mass is 10.2. The molecule has 9 heteroatoms. The van der Waals surface area contributed by atoms with Crippen molar-refractivity contribution in [2.24, 2.45) is 5.92 Å². The van der Waals surface area contributed by atoms with Crippen LogP contribution in [0, 0.1) is 19.8 Å². The van der Waals surface area contributed by atoms with Crippen LogP contribution in [0.3, 0.4) is 0 Å². The van der Waals surface area contributed by atoms with E-state index in [4.69, 9.17) is 0 Å². The average Bonchev–Trinajstić information content (AvgIpc) is 2.62. The first kappa shape index (κ1) is 22.3. The van der Waals surface area contributed by atoms with Gasteiger partial charge in [0.05, 0.1) is 31.1 Å². The van der Waals surface area contributed by atoms with Gasteiger partial charge in [-0.1, -0.05) is 26.0 Å². The fourth-order valence-corrected chi connectivity index (χ4v) is 4.83. The van der Waals surface area contributed by atoms with E-state index in [0.717, 1.165) is 16.0 Å². The van der Waals surface area contributed by atoms with Gasteiger partial charge in [0.2, 0.25) is 10.0 Å². The highest BCUT2D eigenvalue weighted by Gasteiger charge is 2.32. The molecule has 3 amide bonds. The number of nitrogens with zero attached hydrogens (tertiary/aromatic N) is 1. The van der Waals surface area contributed by atoms with Gasteiger partial charge >= 0.3 is 6.03 Å². The number of benzene rings is 1. The minimum atomic E-state index is -3.55. The van der Waals surface area contributed by atoms with Crippen molar-refractivity contribution in [2.45, 2.75) is 32.6 Å². The highest BCUT2D eigenvalue weighted by molar-refractivity contribution is 7.89. The van der Waals surface area contributed by atoms with Crippen LogP contribution in [0.25, 0.3) is 0 Å². The van der Waals surface area contributed by atoms with Crippen LogP contribution in [0.5, 0.6) is 0 Å². The molecule has 1 heterocycles. The normalized spacial score (nSPS) is 16.2. The van der Waals surface area contributed by atoms with Crippen molar-refractivity contribution in [1.82, 2.24) is 14.9 Å². The molecule has 1 aliphatic rings. The Balaban J connectivity index is 1.87. The van der Waals surface area contributed by atoms with Crippen LogP contribution < -0.4 is 15.5 Å². The molecule has 28 heavy (non-hydrogen) atoms. The third kappa shape index (κ3) is 6.02. The molecular formula is C19H31N4O4S+. The lowest BCUT2D eigenvalue weighted by molar-refractivity contribution is -0.895. The molecule has 1 aromatic carbocycles. The highest BCUT2D eigenvalue weighted by Crippen LogP contribution is 2.21. The first-order valence-corrected chi connectivity index (χ1v) is 11.0. The van der Waals surface area contributed by atoms with Crippen LogP contribution in [-0.2, 0) is 14.8 Å². The fourth-order valence-electron chi connectivity index (χ4n) is 3.08. The van der Waals surface area contributed by atoms with Crippen molar-refractivity contribution in [3.05, 3.63) is 29.3 Å². The molecule has 0 bridgehead atoms. The summed E-state index contributed by atoms with van der Waals surface area (Å²) in [6.45, 7) is 9.98. The molecule has 156 valence electrons. The number of imide groups is 1. The van der Waals surface area contributed by atoms with Crippen molar-refractivity contribution in [2.75, 3.05) is 39.3 Å². The Labute approximate surface area is 167 Å². The monoisotopic (exact) mass is 411 g/mol. The summed E-state index contributed by atoms with van der Waals surface area (Å²) in [7, 11) is -3.55. The van der Waals surface area contributed by atoms with Crippen molar-refractivity contribution in [1.29, 1.82) is 0 Å². The molecule has 0 aromatic heterocycles. The molecule has 1 aromatic rings. The lowest BCUT2D eigenvalue weighted by Gasteiger charge is -2.31. The van der Waals surface area contributed by atoms with Crippen LogP contribution in [0.15, 0.2) is 23.1 Å². The zero-order valence-corrected chi connectivity index (χ0v) is 17.9. The van der Waals surface area contributed by atoms with E-state index in [1.54, 1.807) is 13.0 Å². The molecular weight excluding hydrogens is 380 g/mol. The maximum absolute atomic E-state index is 12.9. The number of hydrogen-bond acceptors (Lipinski definition) is 4. The van der Waals surface area contributed by atoms with E-state index in [2.05, 4.69) is 10.6 Å². The minimum Gasteiger partial charge on any atom is -0.338 e. The molecule has 0 spiro atoms. The molecule has 0 atom stereocenters. The van der Waals surface area contributed by atoms with Crippen LogP contribution >= 0.6 is 0 Å². The molecule has 1 fully saturated rings. The SMILES string of the molecule is Cc1ccc(C)c(S(=O)(=O)N2CC[NH+](CC(=O)NC(=O)NCC(C)C)CC2)c1. The van der Waals surface area contributed by atoms with Gasteiger partial charge in [-0.2, -0.15) is 4.31 Å². The summed E-state index contributed by atoms with van der Waals surface area (Å²) in [6.07, 6.45) is 0. The van der Waals surface area contributed by atoms with E-state index >= 15 is 0 Å². The average molecular weight is 412 g/mol. The summed E-state index contributed by atoms with van der Waals surface area (Å²) in [5.41, 5.74) is 1.63. The van der Waals surface area contributed by atoms with Gasteiger partial charge in [-0.15, -0.1) is 0 Å². The number of sulfonamides is 1. The minimum absolute atomic E-state index is 0.145. The number of carbonyl (C=O) groups is 2. The summed E-state index contributed by atoms with van der Waals surface area (Å²) in [6, 6.07) is 4.92. The van der Waals surface area contributed by atoms with Gasteiger partial charge in [-0.3, -0.25) is 10.1 Å². The third-order valence-electron chi connectivity index (χ3n) is 4.73. The van der Waals surface area contributed by atoms with E-state index in [0.29, 0.717) is 43.5 Å². The van der Waals surface area contributed by atoms with Crippen molar-refractivity contribution < 1.29 is 22.9 Å². The molecule has 8 nitrogen and oxygen atoms in total. The number of amides is 3. The number of hydrogen-bond donors (Lipinski definition) is 3. The van der Waals surface area contributed by atoms with Crippen LogP contribution in [0.2, 0.25) is 0 Å². The smallest absolute Gasteiger partial charge is 0.321 e. The Bertz CT molecular complexity index is 815. The van der Waals surface area contributed by atoms with Crippen LogP contribution in [0.4, 0.5) is 4.79 Å². The second-order valence-electron chi connectivity index (χ2n) is 7.75. The number of piperazine rings is 1. The molecule has 2 rings (SSSR count). The van der Waals surface area contributed by atoms with E-state index in [1.165, 1.54) is 4.31 Å². The Hall–Kier alpha value is -1.97. The third-order valence-corrected chi connectivity index (χ3v) is 6.77. The Morgan fingerprint density at radius 1 is 1.18 bits per heavy atom. The van der Waals surface area contributed by atoms with Crippen molar-refractivity contribution in [3.63, 3.8) is 0 Å². The first-order chi connectivity index (χ1) is 13.1. The Kier molecular flexibility index (Phi) is 7.56. The maximum Gasteiger partial charge on any atom is 0.321 e. The van der Waals surface area contributed by atoms with E-state index < -0.39 is 16.1 Å². The number of carbonyl (C=O) groups excluding carboxylic acids is 2. The van der Waals surface area contributed by atoms with Gasteiger partial charge in [0.15, 0.2) is 6.54 Å². The van der Waals surface area contributed by atoms with Gasteiger partial charge in [-0.05, 0) is 37.0 Å². The molecule has 0 saturated carbocycles.